The predicted octanol–water partition coefficient (Wildman–Crippen LogP) is 3.93. The van der Waals surface area contributed by atoms with Crippen LogP contribution in [0.5, 0.6) is 0 Å². The van der Waals surface area contributed by atoms with Crippen molar-refractivity contribution in [3.05, 3.63) is 18.0 Å². The van der Waals surface area contributed by atoms with Crippen molar-refractivity contribution in [2.75, 3.05) is 0 Å². The molecule has 4 aliphatic carbocycles. The molecule has 21 heavy (non-hydrogen) atoms. The number of aryl methyl sites for hydroxylation is 1. The molecule has 0 amide bonds. The van der Waals surface area contributed by atoms with Crippen molar-refractivity contribution in [2.24, 2.45) is 22.2 Å². The standard InChI is InChI=1S/C18H28N2O/c1-4-20-9-14(8-19-20)15(21)18-7-13-5-16(2,11-18)10-17(3,6-13)12-18/h8-9,13,15,21H,4-7,10-12H2,1-3H3. The first kappa shape index (κ1) is 13.8. The summed E-state index contributed by atoms with van der Waals surface area (Å²) >= 11 is 0. The van der Waals surface area contributed by atoms with Gasteiger partial charge in [0.1, 0.15) is 0 Å². The molecule has 4 saturated carbocycles. The van der Waals surface area contributed by atoms with Gasteiger partial charge in [-0.1, -0.05) is 13.8 Å². The summed E-state index contributed by atoms with van der Waals surface area (Å²) in [6, 6.07) is 0. The van der Waals surface area contributed by atoms with Crippen LogP contribution >= 0.6 is 0 Å². The summed E-state index contributed by atoms with van der Waals surface area (Å²) in [5, 5.41) is 15.5. The predicted molar refractivity (Wildman–Crippen MR) is 82.7 cm³/mol. The average Bonchev–Trinajstić information content (AvgIpc) is 2.81. The summed E-state index contributed by atoms with van der Waals surface area (Å²) in [5.74, 6) is 0.826. The van der Waals surface area contributed by atoms with E-state index in [1.54, 1.807) is 0 Å². The minimum atomic E-state index is -0.333. The Hall–Kier alpha value is -0.830. The SMILES string of the molecule is CCn1cc(C(O)C23CC4CC(C)(CC(C)(C4)C2)C3)cn1. The molecule has 3 heteroatoms. The lowest BCUT2D eigenvalue weighted by Gasteiger charge is -2.66. The first-order valence-corrected chi connectivity index (χ1v) is 8.56. The van der Waals surface area contributed by atoms with Gasteiger partial charge in [0.2, 0.25) is 0 Å². The lowest BCUT2D eigenvalue weighted by atomic mass is 9.39. The van der Waals surface area contributed by atoms with Crippen molar-refractivity contribution in [1.29, 1.82) is 0 Å². The highest BCUT2D eigenvalue weighted by Gasteiger charge is 2.62. The maximum Gasteiger partial charge on any atom is 0.0877 e. The Morgan fingerprint density at radius 2 is 1.90 bits per heavy atom. The molecule has 1 aromatic rings. The van der Waals surface area contributed by atoms with Crippen LogP contribution in [0, 0.1) is 22.2 Å². The monoisotopic (exact) mass is 288 g/mol. The second-order valence-corrected chi connectivity index (χ2v) is 9.02. The van der Waals surface area contributed by atoms with Gasteiger partial charge in [0, 0.05) is 23.7 Å². The summed E-state index contributed by atoms with van der Waals surface area (Å²) in [6.45, 7) is 7.90. The van der Waals surface area contributed by atoms with Crippen LogP contribution in [0.3, 0.4) is 0 Å². The van der Waals surface area contributed by atoms with Crippen LogP contribution in [0.4, 0.5) is 0 Å². The first-order chi connectivity index (χ1) is 9.85. The van der Waals surface area contributed by atoms with E-state index in [-0.39, 0.29) is 11.5 Å². The van der Waals surface area contributed by atoms with Crippen LogP contribution < -0.4 is 0 Å². The van der Waals surface area contributed by atoms with Crippen LogP contribution in [0.25, 0.3) is 0 Å². The van der Waals surface area contributed by atoms with E-state index in [1.165, 1.54) is 38.5 Å². The lowest BCUT2D eigenvalue weighted by Crippen LogP contribution is -2.56. The molecule has 0 radical (unpaired) electrons. The fourth-order valence-electron chi connectivity index (χ4n) is 6.89. The van der Waals surface area contributed by atoms with Gasteiger partial charge in [-0.25, -0.2) is 0 Å². The van der Waals surface area contributed by atoms with Gasteiger partial charge in [0.15, 0.2) is 0 Å². The maximum absolute atomic E-state index is 11.2. The number of aromatic nitrogens is 2. The molecule has 4 fully saturated rings. The molecule has 0 saturated heterocycles. The molecular formula is C18H28N2O. The molecular weight excluding hydrogens is 260 g/mol. The average molecular weight is 288 g/mol. The Balaban J connectivity index is 1.70. The Kier molecular flexibility index (Phi) is 2.71. The van der Waals surface area contributed by atoms with Crippen LogP contribution in [-0.4, -0.2) is 14.9 Å². The highest BCUT2D eigenvalue weighted by Crippen LogP contribution is 2.72. The molecule has 1 aromatic heterocycles. The van der Waals surface area contributed by atoms with Crippen molar-refractivity contribution in [2.45, 2.75) is 71.9 Å². The first-order valence-electron chi connectivity index (χ1n) is 8.56. The Morgan fingerprint density at radius 3 is 2.43 bits per heavy atom. The van der Waals surface area contributed by atoms with E-state index in [1.807, 2.05) is 17.1 Å². The van der Waals surface area contributed by atoms with Gasteiger partial charge in [0.25, 0.3) is 0 Å². The van der Waals surface area contributed by atoms with Crippen LogP contribution in [0.15, 0.2) is 12.4 Å². The molecule has 3 nitrogen and oxygen atoms in total. The highest BCUT2D eigenvalue weighted by molar-refractivity contribution is 5.19. The zero-order valence-corrected chi connectivity index (χ0v) is 13.6. The fourth-order valence-corrected chi connectivity index (χ4v) is 6.89. The third-order valence-electron chi connectivity index (χ3n) is 6.54. The van der Waals surface area contributed by atoms with Gasteiger partial charge < -0.3 is 5.11 Å². The minimum Gasteiger partial charge on any atom is -0.388 e. The number of hydrogen-bond donors (Lipinski definition) is 1. The normalized spacial score (nSPS) is 46.0. The van der Waals surface area contributed by atoms with Crippen molar-refractivity contribution >= 4 is 0 Å². The molecule has 0 spiro atoms. The van der Waals surface area contributed by atoms with E-state index >= 15 is 0 Å². The number of aliphatic hydroxyl groups is 1. The molecule has 1 heterocycles. The second kappa shape index (κ2) is 4.13. The van der Waals surface area contributed by atoms with E-state index in [0.29, 0.717) is 10.8 Å². The Labute approximate surface area is 127 Å². The van der Waals surface area contributed by atoms with Gasteiger partial charge in [-0.15, -0.1) is 0 Å². The van der Waals surface area contributed by atoms with Crippen LogP contribution in [0.1, 0.15) is 71.0 Å². The molecule has 116 valence electrons. The molecule has 1 N–H and O–H groups in total. The second-order valence-electron chi connectivity index (χ2n) is 9.02. The van der Waals surface area contributed by atoms with Crippen molar-refractivity contribution < 1.29 is 5.11 Å². The quantitative estimate of drug-likeness (QED) is 0.915. The third-order valence-corrected chi connectivity index (χ3v) is 6.54. The van der Waals surface area contributed by atoms with E-state index in [0.717, 1.165) is 18.0 Å². The highest BCUT2D eigenvalue weighted by atomic mass is 16.3. The van der Waals surface area contributed by atoms with Gasteiger partial charge >= 0.3 is 0 Å². The van der Waals surface area contributed by atoms with E-state index in [9.17, 15) is 5.11 Å². The fraction of sp³-hybridized carbons (Fsp3) is 0.833. The topological polar surface area (TPSA) is 38.0 Å². The number of nitrogens with zero attached hydrogens (tertiary/aromatic N) is 2. The van der Waals surface area contributed by atoms with E-state index < -0.39 is 0 Å². The summed E-state index contributed by atoms with van der Waals surface area (Å²) in [6.07, 6.45) is 11.3. The van der Waals surface area contributed by atoms with E-state index in [2.05, 4.69) is 25.9 Å². The zero-order chi connectivity index (χ0) is 14.9. The van der Waals surface area contributed by atoms with Crippen LogP contribution in [-0.2, 0) is 6.54 Å². The van der Waals surface area contributed by atoms with Gasteiger partial charge in [-0.2, -0.15) is 5.10 Å². The van der Waals surface area contributed by atoms with Crippen molar-refractivity contribution in [3.63, 3.8) is 0 Å². The molecule has 0 aromatic carbocycles. The molecule has 3 atom stereocenters. The molecule has 4 aliphatic rings. The van der Waals surface area contributed by atoms with Crippen molar-refractivity contribution in [3.8, 4) is 0 Å². The summed E-state index contributed by atoms with van der Waals surface area (Å²) in [4.78, 5) is 0. The van der Waals surface area contributed by atoms with Gasteiger partial charge in [0.05, 0.1) is 12.3 Å². The molecule has 4 bridgehead atoms. The number of rotatable bonds is 3. The largest absolute Gasteiger partial charge is 0.388 e. The smallest absolute Gasteiger partial charge is 0.0877 e. The number of aliphatic hydroxyl groups excluding tert-OH is 1. The Bertz CT molecular complexity index is 545. The van der Waals surface area contributed by atoms with Gasteiger partial charge in [-0.05, 0) is 62.2 Å². The third kappa shape index (κ3) is 2.00. The van der Waals surface area contributed by atoms with Crippen LogP contribution in [0.2, 0.25) is 0 Å². The molecule has 3 unspecified atom stereocenters. The number of hydrogen-bond acceptors (Lipinski definition) is 2. The van der Waals surface area contributed by atoms with E-state index in [4.69, 9.17) is 0 Å². The minimum absolute atomic E-state index is 0.102. The summed E-state index contributed by atoms with van der Waals surface area (Å²) in [5.41, 5.74) is 2.04. The lowest BCUT2D eigenvalue weighted by molar-refractivity contribution is -0.187. The summed E-state index contributed by atoms with van der Waals surface area (Å²) < 4.78 is 1.93. The Morgan fingerprint density at radius 1 is 1.24 bits per heavy atom. The maximum atomic E-state index is 11.2. The van der Waals surface area contributed by atoms with Gasteiger partial charge in [-0.3, -0.25) is 4.68 Å². The van der Waals surface area contributed by atoms with Crippen molar-refractivity contribution in [1.82, 2.24) is 9.78 Å². The molecule has 0 aliphatic heterocycles. The zero-order valence-electron chi connectivity index (χ0n) is 13.6. The molecule has 5 rings (SSSR count). The summed E-state index contributed by atoms with van der Waals surface area (Å²) in [7, 11) is 0.